The van der Waals surface area contributed by atoms with Gasteiger partial charge >= 0.3 is 5.91 Å². The molecule has 0 bridgehead atoms. The molecule has 1 atom stereocenters. The first kappa shape index (κ1) is 23.0. The van der Waals surface area contributed by atoms with E-state index < -0.39 is 17.7 Å². The quantitative estimate of drug-likeness (QED) is 0.213. The Morgan fingerprint density at radius 1 is 1.20 bits per heavy atom. The number of aliphatic hydroxyl groups excluding tert-OH is 1. The topological polar surface area (TPSA) is 92.6 Å². The summed E-state index contributed by atoms with van der Waals surface area (Å²) in [7, 11) is 0. The summed E-state index contributed by atoms with van der Waals surface area (Å²) in [5, 5.41) is 12.1. The number of nitrogens with zero attached hydrogens (tertiary/aromatic N) is 3. The van der Waals surface area contributed by atoms with Crippen molar-refractivity contribution in [2.45, 2.75) is 19.9 Å². The Morgan fingerprint density at radius 2 is 1.97 bits per heavy atom. The lowest BCUT2D eigenvalue weighted by Crippen LogP contribution is -2.29. The van der Waals surface area contributed by atoms with Crippen LogP contribution >= 0.6 is 22.9 Å². The Morgan fingerprint density at radius 3 is 2.66 bits per heavy atom. The first-order valence-electron chi connectivity index (χ1n) is 10.9. The van der Waals surface area contributed by atoms with E-state index in [0.29, 0.717) is 39.2 Å². The number of halogens is 1. The number of ether oxygens (including phenoxy) is 1. The molecule has 1 amide bonds. The maximum atomic E-state index is 13.3. The van der Waals surface area contributed by atoms with E-state index >= 15 is 0 Å². The van der Waals surface area contributed by atoms with Crippen molar-refractivity contribution in [3.8, 4) is 5.75 Å². The Labute approximate surface area is 210 Å². The minimum atomic E-state index is -0.896. The van der Waals surface area contributed by atoms with Gasteiger partial charge in [-0.15, -0.1) is 0 Å². The lowest BCUT2D eigenvalue weighted by atomic mass is 9.96. The number of Topliss-reactive ketones (excluding diaryl/α,β-unsaturated/α-hetero) is 1. The number of thiazole rings is 1. The van der Waals surface area contributed by atoms with E-state index in [4.69, 9.17) is 16.3 Å². The van der Waals surface area contributed by atoms with Crippen LogP contribution in [0.4, 0.5) is 5.13 Å². The predicted octanol–water partition coefficient (Wildman–Crippen LogP) is 5.68. The Bertz CT molecular complexity index is 1440. The third-order valence-corrected chi connectivity index (χ3v) is 7.17. The number of fused-ring (bicyclic) bond motifs is 1. The fourth-order valence-electron chi connectivity index (χ4n) is 4.06. The van der Waals surface area contributed by atoms with Crippen LogP contribution in [-0.4, -0.2) is 33.4 Å². The standard InChI is InChI=1S/C26H20ClN3O4S/c1-3-34-17-8-6-15(7-9-17)23(31)21-22(16-5-4-10-28-13-16)30(25(33)24(21)32)26-29-19-12-18(27)14(2)11-20(19)35-26/h4-13,22,31H,3H2,1-2H3/b23-21+. The lowest BCUT2D eigenvalue weighted by molar-refractivity contribution is -0.132. The minimum absolute atomic E-state index is 0.0272. The average Bonchev–Trinajstić information content (AvgIpc) is 3.37. The van der Waals surface area contributed by atoms with Crippen LogP contribution in [0.2, 0.25) is 5.02 Å². The summed E-state index contributed by atoms with van der Waals surface area (Å²) < 4.78 is 6.30. The minimum Gasteiger partial charge on any atom is -0.507 e. The highest BCUT2D eigenvalue weighted by Crippen LogP contribution is 2.44. The van der Waals surface area contributed by atoms with Gasteiger partial charge in [0.25, 0.3) is 5.78 Å². The number of anilines is 1. The molecule has 1 saturated heterocycles. The number of hydrogen-bond donors (Lipinski definition) is 1. The fraction of sp³-hybridized carbons (Fsp3) is 0.154. The number of carbonyl (C=O) groups excluding carboxylic acids is 2. The Balaban J connectivity index is 1.68. The number of amides is 1. The zero-order chi connectivity index (χ0) is 24.7. The molecule has 176 valence electrons. The number of pyridine rings is 1. The molecular formula is C26H20ClN3O4S. The van der Waals surface area contributed by atoms with Crippen LogP contribution in [0.3, 0.4) is 0 Å². The molecule has 7 nitrogen and oxygen atoms in total. The van der Waals surface area contributed by atoms with E-state index in [2.05, 4.69) is 9.97 Å². The molecule has 3 heterocycles. The van der Waals surface area contributed by atoms with Crippen LogP contribution in [0.1, 0.15) is 29.7 Å². The molecule has 1 aliphatic heterocycles. The number of aliphatic hydroxyl groups is 1. The van der Waals surface area contributed by atoms with E-state index in [0.717, 1.165) is 10.3 Å². The van der Waals surface area contributed by atoms with Gasteiger partial charge in [-0.1, -0.05) is 29.0 Å². The molecule has 9 heteroatoms. The summed E-state index contributed by atoms with van der Waals surface area (Å²) in [6, 6.07) is 12.9. The average molecular weight is 506 g/mol. The van der Waals surface area contributed by atoms with E-state index in [1.54, 1.807) is 54.9 Å². The van der Waals surface area contributed by atoms with Crippen molar-refractivity contribution in [3.05, 3.63) is 88.2 Å². The summed E-state index contributed by atoms with van der Waals surface area (Å²) in [4.78, 5) is 36.7. The Kier molecular flexibility index (Phi) is 6.00. The van der Waals surface area contributed by atoms with Gasteiger partial charge in [0, 0.05) is 23.0 Å². The molecule has 4 aromatic rings. The molecule has 2 aromatic carbocycles. The van der Waals surface area contributed by atoms with Gasteiger partial charge < -0.3 is 9.84 Å². The molecule has 1 fully saturated rings. The molecule has 0 radical (unpaired) electrons. The monoisotopic (exact) mass is 505 g/mol. The second-order valence-corrected chi connectivity index (χ2v) is 9.39. The van der Waals surface area contributed by atoms with Crippen molar-refractivity contribution in [1.29, 1.82) is 0 Å². The summed E-state index contributed by atoms with van der Waals surface area (Å²) in [5.41, 5.74) is 2.45. The lowest BCUT2D eigenvalue weighted by Gasteiger charge is -2.22. The molecule has 0 aliphatic carbocycles. The highest BCUT2D eigenvalue weighted by Gasteiger charge is 2.48. The van der Waals surface area contributed by atoms with Gasteiger partial charge in [-0.25, -0.2) is 4.98 Å². The van der Waals surface area contributed by atoms with Gasteiger partial charge in [-0.2, -0.15) is 0 Å². The molecule has 2 aromatic heterocycles. The normalized spacial score (nSPS) is 17.3. The summed E-state index contributed by atoms with van der Waals surface area (Å²) in [5.74, 6) is -1.20. The fourth-order valence-corrected chi connectivity index (χ4v) is 5.29. The van der Waals surface area contributed by atoms with Crippen LogP contribution in [0, 0.1) is 6.92 Å². The SMILES string of the molecule is CCOc1ccc(/C(O)=C2\C(=O)C(=O)N(c3nc4cc(Cl)c(C)cc4s3)C2c2cccnc2)cc1. The zero-order valence-electron chi connectivity index (χ0n) is 18.9. The van der Waals surface area contributed by atoms with Crippen molar-refractivity contribution < 1.29 is 19.4 Å². The number of aromatic nitrogens is 2. The van der Waals surface area contributed by atoms with Crippen LogP contribution in [-0.2, 0) is 9.59 Å². The maximum absolute atomic E-state index is 13.3. The molecule has 0 spiro atoms. The number of ketones is 1. The first-order valence-corrected chi connectivity index (χ1v) is 12.1. The van der Waals surface area contributed by atoms with Crippen LogP contribution in [0.25, 0.3) is 16.0 Å². The van der Waals surface area contributed by atoms with Gasteiger partial charge in [0.2, 0.25) is 0 Å². The van der Waals surface area contributed by atoms with Gasteiger partial charge in [0.1, 0.15) is 11.5 Å². The van der Waals surface area contributed by atoms with E-state index in [9.17, 15) is 14.7 Å². The molecule has 35 heavy (non-hydrogen) atoms. The maximum Gasteiger partial charge on any atom is 0.301 e. The third-order valence-electron chi connectivity index (χ3n) is 5.75. The predicted molar refractivity (Wildman–Crippen MR) is 136 cm³/mol. The Hall–Kier alpha value is -3.75. The van der Waals surface area contributed by atoms with Crippen LogP contribution in [0.15, 0.2) is 66.5 Å². The van der Waals surface area contributed by atoms with Crippen molar-refractivity contribution in [2.24, 2.45) is 0 Å². The van der Waals surface area contributed by atoms with Crippen molar-refractivity contribution in [3.63, 3.8) is 0 Å². The smallest absolute Gasteiger partial charge is 0.301 e. The van der Waals surface area contributed by atoms with E-state index in [1.165, 1.54) is 16.2 Å². The molecule has 5 rings (SSSR count). The highest BCUT2D eigenvalue weighted by atomic mass is 35.5. The van der Waals surface area contributed by atoms with Gasteiger partial charge in [0.15, 0.2) is 5.13 Å². The number of hydrogen-bond acceptors (Lipinski definition) is 7. The zero-order valence-corrected chi connectivity index (χ0v) is 20.4. The van der Waals surface area contributed by atoms with Crippen molar-refractivity contribution in [1.82, 2.24) is 9.97 Å². The van der Waals surface area contributed by atoms with Gasteiger partial charge in [-0.05, 0) is 67.4 Å². The number of carbonyl (C=O) groups is 2. The largest absolute Gasteiger partial charge is 0.507 e. The molecule has 0 saturated carbocycles. The van der Waals surface area contributed by atoms with E-state index in [1.807, 2.05) is 19.9 Å². The molecular weight excluding hydrogens is 486 g/mol. The van der Waals surface area contributed by atoms with Crippen LogP contribution in [0.5, 0.6) is 5.75 Å². The molecule has 1 unspecified atom stereocenters. The second-order valence-electron chi connectivity index (χ2n) is 7.98. The number of benzene rings is 2. The summed E-state index contributed by atoms with van der Waals surface area (Å²) >= 11 is 7.55. The van der Waals surface area contributed by atoms with Crippen LogP contribution < -0.4 is 9.64 Å². The molecule has 1 aliphatic rings. The highest BCUT2D eigenvalue weighted by molar-refractivity contribution is 7.22. The third kappa shape index (κ3) is 4.05. The first-order chi connectivity index (χ1) is 16.9. The van der Waals surface area contributed by atoms with Crippen molar-refractivity contribution >= 4 is 55.7 Å². The van der Waals surface area contributed by atoms with Gasteiger partial charge in [-0.3, -0.25) is 19.5 Å². The molecule has 1 N–H and O–H groups in total. The van der Waals surface area contributed by atoms with Gasteiger partial charge in [0.05, 0.1) is 28.4 Å². The van der Waals surface area contributed by atoms with Crippen molar-refractivity contribution in [2.75, 3.05) is 11.5 Å². The number of rotatable bonds is 5. The number of aryl methyl sites for hydroxylation is 1. The second kappa shape index (κ2) is 9.13. The summed E-state index contributed by atoms with van der Waals surface area (Å²) in [6.07, 6.45) is 3.17. The summed E-state index contributed by atoms with van der Waals surface area (Å²) in [6.45, 7) is 4.27. The van der Waals surface area contributed by atoms with E-state index in [-0.39, 0.29) is 11.3 Å².